The minimum atomic E-state index is -0.681. The summed E-state index contributed by atoms with van der Waals surface area (Å²) in [6, 6.07) is 0. The van der Waals surface area contributed by atoms with Gasteiger partial charge in [0.2, 0.25) is 17.7 Å². The summed E-state index contributed by atoms with van der Waals surface area (Å²) in [7, 11) is 0. The molecule has 2 bridgehead atoms. The molecular formula is C19H25N3O4. The van der Waals surface area contributed by atoms with Crippen molar-refractivity contribution in [2.24, 2.45) is 11.8 Å². The fraction of sp³-hybridized carbons (Fsp3) is 0.632. The van der Waals surface area contributed by atoms with Crippen LogP contribution in [0.1, 0.15) is 20.3 Å². The Morgan fingerprint density at radius 1 is 1.42 bits per heavy atom. The number of nitrogens with zero attached hydrogens (tertiary/aromatic N) is 2. The molecule has 140 valence electrons. The largest absolute Gasteiger partial charge is 0.360 e. The normalized spacial score (nSPS) is 34.9. The van der Waals surface area contributed by atoms with Crippen LogP contribution in [-0.2, 0) is 19.1 Å². The minimum absolute atomic E-state index is 0.0204. The number of carbonyl (C=O) groups excluding carboxylic acids is 3. The van der Waals surface area contributed by atoms with Crippen LogP contribution >= 0.6 is 0 Å². The zero-order valence-corrected chi connectivity index (χ0v) is 15.2. The van der Waals surface area contributed by atoms with E-state index >= 15 is 0 Å². The molecule has 0 aromatic heterocycles. The number of amides is 3. The fourth-order valence-electron chi connectivity index (χ4n) is 4.60. The van der Waals surface area contributed by atoms with Crippen LogP contribution in [-0.4, -0.2) is 72.0 Å². The number of hydrogen-bond acceptors (Lipinski definition) is 4. The number of ether oxygens (including phenoxy) is 1. The average Bonchev–Trinajstić information content (AvgIpc) is 3.23. The molecule has 4 rings (SSSR count). The van der Waals surface area contributed by atoms with Crippen LogP contribution in [0.15, 0.2) is 23.8 Å². The van der Waals surface area contributed by atoms with Crippen molar-refractivity contribution < 1.29 is 19.1 Å². The lowest BCUT2D eigenvalue weighted by molar-refractivity contribution is -0.143. The van der Waals surface area contributed by atoms with E-state index in [1.165, 1.54) is 12.5 Å². The summed E-state index contributed by atoms with van der Waals surface area (Å²) in [5.41, 5.74) is 0.621. The molecule has 0 aromatic carbocycles. The second-order valence-electron chi connectivity index (χ2n) is 7.73. The third-order valence-electron chi connectivity index (χ3n) is 5.97. The summed E-state index contributed by atoms with van der Waals surface area (Å²) in [5.74, 6) is -1.02. The minimum Gasteiger partial charge on any atom is -0.360 e. The van der Waals surface area contributed by atoms with Gasteiger partial charge in [-0.15, -0.1) is 0 Å². The molecule has 0 aliphatic carbocycles. The number of hydrogen-bond donors (Lipinski definition) is 1. The van der Waals surface area contributed by atoms with E-state index < -0.39 is 17.4 Å². The van der Waals surface area contributed by atoms with Gasteiger partial charge in [-0.25, -0.2) is 0 Å². The van der Waals surface area contributed by atoms with E-state index in [9.17, 15) is 14.4 Å². The number of nitrogens with one attached hydrogen (secondary N) is 1. The lowest BCUT2D eigenvalue weighted by Crippen LogP contribution is -2.47. The predicted octanol–water partition coefficient (Wildman–Crippen LogP) is 0.0831. The molecule has 2 saturated heterocycles. The topological polar surface area (TPSA) is 79.0 Å². The van der Waals surface area contributed by atoms with Gasteiger partial charge >= 0.3 is 0 Å². The van der Waals surface area contributed by atoms with E-state index in [4.69, 9.17) is 4.74 Å². The molecule has 0 aromatic rings. The first-order valence-corrected chi connectivity index (χ1v) is 9.26. The standard InChI is InChI=1S/C19H25N3O4/c1-12-4-8-21(9-5-12)17(24)15-14-3-6-19(26-14)11-22(18(25)16(15)19)10-7-20-13(2)23/h3-4,6,14-16H,5,7-11H2,1-2H3,(H,20,23)/t14-,15+,16-,19-/m0/s1. The Kier molecular flexibility index (Phi) is 4.14. The summed E-state index contributed by atoms with van der Waals surface area (Å²) in [4.78, 5) is 40.8. The molecule has 0 unspecified atom stereocenters. The van der Waals surface area contributed by atoms with Gasteiger partial charge in [0.05, 0.1) is 24.5 Å². The van der Waals surface area contributed by atoms with Crippen LogP contribution in [0.3, 0.4) is 0 Å². The third-order valence-corrected chi connectivity index (χ3v) is 5.97. The highest BCUT2D eigenvalue weighted by Crippen LogP contribution is 2.52. The maximum absolute atomic E-state index is 13.1. The molecular weight excluding hydrogens is 334 g/mol. The van der Waals surface area contributed by atoms with E-state index in [1.807, 2.05) is 17.1 Å². The molecule has 2 fully saturated rings. The summed E-state index contributed by atoms with van der Waals surface area (Å²) in [5, 5.41) is 2.72. The van der Waals surface area contributed by atoms with Crippen LogP contribution in [0.5, 0.6) is 0 Å². The van der Waals surface area contributed by atoms with Crippen molar-refractivity contribution in [2.75, 3.05) is 32.7 Å². The van der Waals surface area contributed by atoms with Gasteiger partial charge < -0.3 is 19.9 Å². The van der Waals surface area contributed by atoms with E-state index in [2.05, 4.69) is 18.3 Å². The maximum atomic E-state index is 13.1. The Hall–Kier alpha value is -2.15. The highest BCUT2D eigenvalue weighted by atomic mass is 16.5. The van der Waals surface area contributed by atoms with Crippen molar-refractivity contribution in [1.29, 1.82) is 0 Å². The smallest absolute Gasteiger partial charge is 0.230 e. The van der Waals surface area contributed by atoms with Gasteiger partial charge in [0.1, 0.15) is 5.60 Å². The van der Waals surface area contributed by atoms with Crippen molar-refractivity contribution >= 4 is 17.7 Å². The molecule has 4 atom stereocenters. The molecule has 0 radical (unpaired) electrons. The third kappa shape index (κ3) is 2.65. The molecule has 7 nitrogen and oxygen atoms in total. The predicted molar refractivity (Wildman–Crippen MR) is 93.9 cm³/mol. The fourth-order valence-corrected chi connectivity index (χ4v) is 4.60. The van der Waals surface area contributed by atoms with Gasteiger partial charge in [0.25, 0.3) is 0 Å². The van der Waals surface area contributed by atoms with Crippen LogP contribution in [0.25, 0.3) is 0 Å². The lowest BCUT2D eigenvalue weighted by atomic mass is 9.76. The molecule has 1 N–H and O–H groups in total. The van der Waals surface area contributed by atoms with E-state index in [1.54, 1.807) is 4.90 Å². The Labute approximate surface area is 153 Å². The molecule has 0 saturated carbocycles. The Bertz CT molecular complexity index is 716. The number of carbonyl (C=O) groups is 3. The first kappa shape index (κ1) is 17.3. The molecule has 1 spiro atoms. The quantitative estimate of drug-likeness (QED) is 0.721. The van der Waals surface area contributed by atoms with Crippen molar-refractivity contribution in [3.8, 4) is 0 Å². The summed E-state index contributed by atoms with van der Waals surface area (Å²) in [6.07, 6.45) is 6.56. The average molecular weight is 359 g/mol. The molecule has 7 heteroatoms. The molecule has 26 heavy (non-hydrogen) atoms. The van der Waals surface area contributed by atoms with E-state index in [-0.39, 0.29) is 23.8 Å². The van der Waals surface area contributed by atoms with E-state index in [0.717, 1.165) is 6.42 Å². The SMILES string of the molecule is CC(=O)NCCN1C[C@]23C=C[C@H](O2)[C@@H](C(=O)N2CC=C(C)CC2)[C@H]3C1=O. The second kappa shape index (κ2) is 6.23. The molecule has 4 aliphatic heterocycles. The van der Waals surface area contributed by atoms with Crippen LogP contribution < -0.4 is 5.32 Å². The number of fused-ring (bicyclic) bond motifs is 1. The van der Waals surface area contributed by atoms with Crippen LogP contribution in [0.4, 0.5) is 0 Å². The highest BCUT2D eigenvalue weighted by molar-refractivity contribution is 5.93. The van der Waals surface area contributed by atoms with Crippen molar-refractivity contribution in [2.45, 2.75) is 32.0 Å². The second-order valence-corrected chi connectivity index (χ2v) is 7.73. The van der Waals surface area contributed by atoms with E-state index in [0.29, 0.717) is 32.7 Å². The summed E-state index contributed by atoms with van der Waals surface area (Å²) < 4.78 is 6.13. The maximum Gasteiger partial charge on any atom is 0.230 e. The van der Waals surface area contributed by atoms with Gasteiger partial charge in [-0.3, -0.25) is 14.4 Å². The number of likely N-dealkylation sites (tertiary alicyclic amines) is 1. The van der Waals surface area contributed by atoms with Gasteiger partial charge in [0.15, 0.2) is 0 Å². The van der Waals surface area contributed by atoms with Crippen LogP contribution in [0, 0.1) is 11.8 Å². The molecule has 4 aliphatic rings. The Morgan fingerprint density at radius 2 is 2.23 bits per heavy atom. The van der Waals surface area contributed by atoms with Gasteiger partial charge in [0, 0.05) is 33.1 Å². The molecule has 4 heterocycles. The van der Waals surface area contributed by atoms with Gasteiger partial charge in [-0.05, 0) is 13.3 Å². The first-order chi connectivity index (χ1) is 12.4. The van der Waals surface area contributed by atoms with Crippen molar-refractivity contribution in [3.05, 3.63) is 23.8 Å². The van der Waals surface area contributed by atoms with Crippen LogP contribution in [0.2, 0.25) is 0 Å². The summed E-state index contributed by atoms with van der Waals surface area (Å²) in [6.45, 7) is 6.14. The first-order valence-electron chi connectivity index (χ1n) is 9.26. The Balaban J connectivity index is 1.50. The lowest BCUT2D eigenvalue weighted by Gasteiger charge is -2.31. The van der Waals surface area contributed by atoms with Crippen molar-refractivity contribution in [3.63, 3.8) is 0 Å². The monoisotopic (exact) mass is 359 g/mol. The zero-order valence-electron chi connectivity index (χ0n) is 15.2. The Morgan fingerprint density at radius 3 is 2.92 bits per heavy atom. The zero-order chi connectivity index (χ0) is 18.5. The van der Waals surface area contributed by atoms with Gasteiger partial charge in [-0.2, -0.15) is 0 Å². The highest BCUT2D eigenvalue weighted by Gasteiger charge is 2.67. The van der Waals surface area contributed by atoms with Crippen molar-refractivity contribution in [1.82, 2.24) is 15.1 Å². The summed E-state index contributed by atoms with van der Waals surface area (Å²) >= 11 is 0. The van der Waals surface area contributed by atoms with Gasteiger partial charge in [-0.1, -0.05) is 23.8 Å². The number of rotatable bonds is 4. The molecule has 3 amide bonds.